The van der Waals surface area contributed by atoms with E-state index in [-0.39, 0.29) is 35.9 Å². The van der Waals surface area contributed by atoms with E-state index in [1.807, 2.05) is 30.4 Å². The van der Waals surface area contributed by atoms with E-state index >= 15 is 0 Å². The number of benzene rings is 1. The van der Waals surface area contributed by atoms with E-state index in [4.69, 9.17) is 5.11 Å². The molecule has 3 rings (SSSR count). The Bertz CT molecular complexity index is 920. The second kappa shape index (κ2) is 9.71. The van der Waals surface area contributed by atoms with E-state index in [2.05, 4.69) is 38.1 Å². The molecule has 2 aromatic rings. The number of aliphatic hydroxyl groups is 1. The van der Waals surface area contributed by atoms with Crippen LogP contribution in [0.25, 0.3) is 10.1 Å². The van der Waals surface area contributed by atoms with Crippen LogP contribution in [0.2, 0.25) is 0 Å². The molecule has 3 atom stereocenters. The van der Waals surface area contributed by atoms with E-state index in [0.717, 1.165) is 0 Å². The molecule has 1 heterocycles. The van der Waals surface area contributed by atoms with Gasteiger partial charge in [0, 0.05) is 39.7 Å². The molecule has 1 aromatic carbocycles. The number of allylic oxidation sites excluding steroid dienone is 3. The molecule has 0 radical (unpaired) electrons. The summed E-state index contributed by atoms with van der Waals surface area (Å²) in [5, 5.41) is 20.4. The predicted octanol–water partition coefficient (Wildman–Crippen LogP) is 5.50. The summed E-state index contributed by atoms with van der Waals surface area (Å²) in [4.78, 5) is 24.2. The second-order valence-corrected chi connectivity index (χ2v) is 9.73. The Labute approximate surface area is 181 Å². The molecular formula is C25H30O4S. The number of rotatable bonds is 9. The van der Waals surface area contributed by atoms with Gasteiger partial charge in [0.15, 0.2) is 0 Å². The molecule has 1 aliphatic carbocycles. The number of carboxylic acids is 1. The maximum Gasteiger partial charge on any atom is 0.303 e. The minimum Gasteiger partial charge on any atom is -0.481 e. The Balaban J connectivity index is 1.67. The minimum atomic E-state index is -0.788. The maximum absolute atomic E-state index is 12.4. The third-order valence-electron chi connectivity index (χ3n) is 5.85. The summed E-state index contributed by atoms with van der Waals surface area (Å²) in [5.41, 5.74) is -0.188. The molecule has 5 heteroatoms. The molecule has 0 spiro atoms. The zero-order valence-electron chi connectivity index (χ0n) is 17.6. The number of thiophene rings is 1. The molecule has 160 valence electrons. The Morgan fingerprint density at radius 3 is 2.77 bits per heavy atom. The lowest BCUT2D eigenvalue weighted by molar-refractivity contribution is -0.137. The van der Waals surface area contributed by atoms with Gasteiger partial charge in [0.05, 0.1) is 6.10 Å². The van der Waals surface area contributed by atoms with Gasteiger partial charge < -0.3 is 10.2 Å². The molecule has 0 saturated heterocycles. The van der Waals surface area contributed by atoms with Crippen molar-refractivity contribution >= 4 is 33.2 Å². The third-order valence-corrected chi connectivity index (χ3v) is 7.30. The van der Waals surface area contributed by atoms with Crippen molar-refractivity contribution in [3.8, 4) is 0 Å². The van der Waals surface area contributed by atoms with Crippen LogP contribution >= 0.6 is 11.3 Å². The zero-order chi connectivity index (χ0) is 21.7. The molecule has 0 unspecified atom stereocenters. The number of carboxylic acid groups (broad SMARTS) is 1. The van der Waals surface area contributed by atoms with Crippen molar-refractivity contribution in [1.82, 2.24) is 0 Å². The van der Waals surface area contributed by atoms with Crippen molar-refractivity contribution in [3.05, 3.63) is 59.5 Å². The fraction of sp³-hybridized carbons (Fsp3) is 0.440. The van der Waals surface area contributed by atoms with Gasteiger partial charge in [0.2, 0.25) is 0 Å². The monoisotopic (exact) mass is 426 g/mol. The third kappa shape index (κ3) is 5.46. The summed E-state index contributed by atoms with van der Waals surface area (Å²) < 4.78 is 1.26. The topological polar surface area (TPSA) is 74.6 Å². The van der Waals surface area contributed by atoms with Crippen LogP contribution in [0.3, 0.4) is 0 Å². The molecule has 1 saturated carbocycles. The molecule has 1 aliphatic rings. The SMILES string of the molecule is CC(C)(/C=C/[C@H]1[C@H](O)CC(=O)[C@@H]1C/C=C\CCCC(=O)O)c1cc2ccccc2s1. The lowest BCUT2D eigenvalue weighted by atomic mass is 9.85. The average molecular weight is 427 g/mol. The van der Waals surface area contributed by atoms with Crippen molar-refractivity contribution in [2.45, 2.75) is 57.5 Å². The summed E-state index contributed by atoms with van der Waals surface area (Å²) in [7, 11) is 0. The van der Waals surface area contributed by atoms with Gasteiger partial charge in [-0.15, -0.1) is 11.3 Å². The van der Waals surface area contributed by atoms with Crippen LogP contribution in [-0.2, 0) is 15.0 Å². The molecule has 0 bridgehead atoms. The number of aliphatic hydroxyl groups excluding tert-OH is 1. The van der Waals surface area contributed by atoms with Gasteiger partial charge in [0.1, 0.15) is 5.78 Å². The molecular weight excluding hydrogens is 396 g/mol. The molecule has 1 fully saturated rings. The van der Waals surface area contributed by atoms with Crippen LogP contribution < -0.4 is 0 Å². The molecule has 2 N–H and O–H groups in total. The Kier molecular flexibility index (Phi) is 7.27. The van der Waals surface area contributed by atoms with Crippen molar-refractivity contribution in [2.75, 3.05) is 0 Å². The van der Waals surface area contributed by atoms with Crippen molar-refractivity contribution < 1.29 is 19.8 Å². The number of ketones is 1. The smallest absolute Gasteiger partial charge is 0.303 e. The number of carbonyl (C=O) groups excluding carboxylic acids is 1. The maximum atomic E-state index is 12.4. The van der Waals surface area contributed by atoms with Crippen molar-refractivity contribution in [3.63, 3.8) is 0 Å². The molecule has 4 nitrogen and oxygen atoms in total. The normalized spacial score (nSPS) is 22.6. The summed E-state index contributed by atoms with van der Waals surface area (Å²) >= 11 is 1.78. The van der Waals surface area contributed by atoms with Gasteiger partial charge in [-0.25, -0.2) is 0 Å². The molecule has 1 aromatic heterocycles. The highest BCUT2D eigenvalue weighted by Gasteiger charge is 2.39. The highest BCUT2D eigenvalue weighted by molar-refractivity contribution is 7.19. The van der Waals surface area contributed by atoms with Crippen LogP contribution in [0.15, 0.2) is 54.6 Å². The zero-order valence-corrected chi connectivity index (χ0v) is 18.4. The number of Topliss-reactive ketones (excluding diaryl/α,β-unsaturated/α-hetero) is 1. The van der Waals surface area contributed by atoms with Crippen LogP contribution in [0, 0.1) is 11.8 Å². The standard InChI is InChI=1S/C25H30O4S/c1-25(2,23-15-17-9-7-8-11-22(17)30-23)14-13-19-18(20(26)16-21(19)27)10-5-3-4-6-12-24(28)29/h3,5,7-9,11,13-15,18-19,21,27H,4,6,10,12,16H2,1-2H3,(H,28,29)/b5-3-,14-13+/t18-,19-,21-/m1/s1. The van der Waals surface area contributed by atoms with Gasteiger partial charge in [-0.05, 0) is 36.8 Å². The van der Waals surface area contributed by atoms with Crippen LogP contribution in [0.1, 0.15) is 50.8 Å². The van der Waals surface area contributed by atoms with Crippen molar-refractivity contribution in [1.29, 1.82) is 0 Å². The average Bonchev–Trinajstić information content (AvgIpc) is 3.24. The molecule has 0 amide bonds. The van der Waals surface area contributed by atoms with E-state index < -0.39 is 12.1 Å². The Morgan fingerprint density at radius 1 is 1.27 bits per heavy atom. The first-order valence-electron chi connectivity index (χ1n) is 10.5. The first kappa shape index (κ1) is 22.4. The lowest BCUT2D eigenvalue weighted by Gasteiger charge is -2.22. The summed E-state index contributed by atoms with van der Waals surface area (Å²) in [5.74, 6) is -1.09. The van der Waals surface area contributed by atoms with Gasteiger partial charge in [-0.2, -0.15) is 0 Å². The molecule has 30 heavy (non-hydrogen) atoms. The first-order valence-corrected chi connectivity index (χ1v) is 11.4. The number of hydrogen-bond acceptors (Lipinski definition) is 4. The fourth-order valence-electron chi connectivity index (χ4n) is 3.99. The van der Waals surface area contributed by atoms with Gasteiger partial charge in [-0.3, -0.25) is 9.59 Å². The first-order chi connectivity index (χ1) is 14.3. The van der Waals surface area contributed by atoms with Crippen LogP contribution in [-0.4, -0.2) is 28.1 Å². The number of aliphatic carboxylic acids is 1. The highest BCUT2D eigenvalue weighted by atomic mass is 32.1. The second-order valence-electron chi connectivity index (χ2n) is 8.64. The van der Waals surface area contributed by atoms with E-state index in [0.29, 0.717) is 19.3 Å². The summed E-state index contributed by atoms with van der Waals surface area (Å²) in [6.07, 6.45) is 9.66. The van der Waals surface area contributed by atoms with Crippen LogP contribution in [0.4, 0.5) is 0 Å². The van der Waals surface area contributed by atoms with E-state index in [9.17, 15) is 14.7 Å². The number of hydrogen-bond donors (Lipinski definition) is 2. The van der Waals surface area contributed by atoms with Gasteiger partial charge in [0.25, 0.3) is 0 Å². The van der Waals surface area contributed by atoms with E-state index in [1.54, 1.807) is 11.3 Å². The number of unbranched alkanes of at least 4 members (excludes halogenated alkanes) is 1. The highest BCUT2D eigenvalue weighted by Crippen LogP contribution is 2.38. The summed E-state index contributed by atoms with van der Waals surface area (Å²) in [6, 6.07) is 10.6. The van der Waals surface area contributed by atoms with Gasteiger partial charge >= 0.3 is 5.97 Å². The lowest BCUT2D eigenvalue weighted by Crippen LogP contribution is -2.20. The van der Waals surface area contributed by atoms with E-state index in [1.165, 1.54) is 15.0 Å². The van der Waals surface area contributed by atoms with Crippen LogP contribution in [0.5, 0.6) is 0 Å². The quantitative estimate of drug-likeness (QED) is 0.410. The number of fused-ring (bicyclic) bond motifs is 1. The predicted molar refractivity (Wildman–Crippen MR) is 122 cm³/mol. The summed E-state index contributed by atoms with van der Waals surface area (Å²) in [6.45, 7) is 4.32. The fourth-order valence-corrected chi connectivity index (χ4v) is 5.14. The Morgan fingerprint density at radius 2 is 2.03 bits per heavy atom. The van der Waals surface area contributed by atoms with Crippen molar-refractivity contribution in [2.24, 2.45) is 11.8 Å². The van der Waals surface area contributed by atoms with Gasteiger partial charge in [-0.1, -0.05) is 56.4 Å². The largest absolute Gasteiger partial charge is 0.481 e. The Hall–Kier alpha value is -2.24. The number of carbonyl (C=O) groups is 2. The molecule has 0 aliphatic heterocycles. The minimum absolute atomic E-state index is 0.104.